The SMILES string of the molecule is Cc1c(F)cc(F)cc1C(F)(F)F.Cc1cc(C(F)(F)F)c(C)cc1F.Cc1ccc(F)c(F)c1C(F)(F)F. The lowest BCUT2D eigenvalue weighted by atomic mass is 10.0. The molecule has 0 amide bonds. The van der Waals surface area contributed by atoms with E-state index < -0.39 is 69.9 Å². The molecule has 0 aliphatic carbocycles. The summed E-state index contributed by atoms with van der Waals surface area (Å²) >= 11 is 0. The molecule has 0 N–H and O–H groups in total. The Kier molecular flexibility index (Phi) is 10.6. The van der Waals surface area contributed by atoms with E-state index in [-0.39, 0.29) is 22.8 Å². The van der Waals surface area contributed by atoms with Crippen LogP contribution < -0.4 is 0 Å². The maximum atomic E-state index is 12.8. The van der Waals surface area contributed by atoms with Gasteiger partial charge in [0.15, 0.2) is 11.6 Å². The summed E-state index contributed by atoms with van der Waals surface area (Å²) in [6.45, 7) is 4.58. The molecule has 0 saturated heterocycles. The van der Waals surface area contributed by atoms with Crippen molar-refractivity contribution < 1.29 is 61.5 Å². The van der Waals surface area contributed by atoms with Gasteiger partial charge in [0.1, 0.15) is 17.5 Å². The molecule has 39 heavy (non-hydrogen) atoms. The first kappa shape index (κ1) is 33.7. The van der Waals surface area contributed by atoms with Crippen LogP contribution in [0.5, 0.6) is 0 Å². The van der Waals surface area contributed by atoms with Crippen LogP contribution in [-0.4, -0.2) is 0 Å². The Morgan fingerprint density at radius 3 is 1.41 bits per heavy atom. The predicted molar refractivity (Wildman–Crippen MR) is 113 cm³/mol. The molecule has 0 aromatic heterocycles. The molecule has 0 bridgehead atoms. The van der Waals surface area contributed by atoms with Crippen LogP contribution in [0.3, 0.4) is 0 Å². The molecule has 3 rings (SSSR count). The average Bonchev–Trinajstić information content (AvgIpc) is 2.74. The zero-order valence-corrected chi connectivity index (χ0v) is 20.3. The van der Waals surface area contributed by atoms with E-state index in [0.717, 1.165) is 32.0 Å². The van der Waals surface area contributed by atoms with Crippen LogP contribution in [0.4, 0.5) is 61.5 Å². The van der Waals surface area contributed by atoms with E-state index in [4.69, 9.17) is 0 Å². The van der Waals surface area contributed by atoms with Crippen LogP contribution in [0, 0.1) is 56.8 Å². The summed E-state index contributed by atoms with van der Waals surface area (Å²) in [5.41, 5.74) is -4.57. The largest absolute Gasteiger partial charge is 0.419 e. The number of rotatable bonds is 0. The zero-order valence-electron chi connectivity index (χ0n) is 20.3. The molecule has 14 heteroatoms. The van der Waals surface area contributed by atoms with Gasteiger partial charge in [-0.1, -0.05) is 6.07 Å². The molecule has 0 aliphatic rings. The third kappa shape index (κ3) is 9.13. The van der Waals surface area contributed by atoms with Crippen molar-refractivity contribution in [2.75, 3.05) is 0 Å². The fraction of sp³-hybridized carbons (Fsp3) is 0.280. The van der Waals surface area contributed by atoms with Gasteiger partial charge in [0.2, 0.25) is 0 Å². The minimum absolute atomic E-state index is 0.0120. The van der Waals surface area contributed by atoms with Gasteiger partial charge < -0.3 is 0 Å². The van der Waals surface area contributed by atoms with Crippen molar-refractivity contribution in [3.63, 3.8) is 0 Å². The second-order valence-corrected chi connectivity index (χ2v) is 8.02. The lowest BCUT2D eigenvalue weighted by Gasteiger charge is -2.11. The lowest BCUT2D eigenvalue weighted by Crippen LogP contribution is -2.11. The third-order valence-electron chi connectivity index (χ3n) is 5.01. The topological polar surface area (TPSA) is 0 Å². The molecular weight excluding hydrogens is 566 g/mol. The number of benzene rings is 3. The fourth-order valence-corrected chi connectivity index (χ4v) is 3.02. The Bertz CT molecular complexity index is 1300. The Balaban J connectivity index is 0.000000292. The number of hydrogen-bond donors (Lipinski definition) is 0. The Labute approximate surface area is 212 Å². The first-order valence-corrected chi connectivity index (χ1v) is 10.4. The standard InChI is InChI=1S/C9H8F4.2C8H5F5/c1-5-4-8(10)6(2)3-7(5)9(11,12)13;1-4-6(8(11,12)13)2-5(9)3-7(4)10;1-4-2-3-5(9)7(10)6(4)8(11,12)13/h3-4H,1-2H3;2*2-3H,1H3. The highest BCUT2D eigenvalue weighted by Crippen LogP contribution is 2.35. The molecule has 0 heterocycles. The third-order valence-corrected chi connectivity index (χ3v) is 5.01. The van der Waals surface area contributed by atoms with Crippen molar-refractivity contribution >= 4 is 0 Å². The molecule has 0 atom stereocenters. The summed E-state index contributed by atoms with van der Waals surface area (Å²) < 4.78 is 172. The molecule has 3 aromatic rings. The molecule has 0 unspecified atom stereocenters. The van der Waals surface area contributed by atoms with Crippen LogP contribution in [0.15, 0.2) is 36.4 Å². The molecule has 0 fully saturated rings. The van der Waals surface area contributed by atoms with E-state index in [9.17, 15) is 61.5 Å². The van der Waals surface area contributed by atoms with Crippen molar-refractivity contribution in [3.05, 3.63) is 104 Å². The highest BCUT2D eigenvalue weighted by Gasteiger charge is 2.37. The molecule has 0 radical (unpaired) electrons. The average molecular weight is 584 g/mol. The van der Waals surface area contributed by atoms with E-state index in [1.54, 1.807) is 0 Å². The van der Waals surface area contributed by atoms with Gasteiger partial charge in [-0.15, -0.1) is 0 Å². The normalized spacial score (nSPS) is 11.8. The number of halogens is 14. The predicted octanol–water partition coefficient (Wildman–Crippen LogP) is 10.0. The second-order valence-electron chi connectivity index (χ2n) is 8.02. The Hall–Kier alpha value is -3.32. The summed E-state index contributed by atoms with van der Waals surface area (Å²) in [6.07, 6.45) is -14.0. The molecule has 0 spiro atoms. The Morgan fingerprint density at radius 1 is 0.462 bits per heavy atom. The lowest BCUT2D eigenvalue weighted by molar-refractivity contribution is -0.141. The first-order valence-electron chi connectivity index (χ1n) is 10.4. The number of hydrogen-bond acceptors (Lipinski definition) is 0. The first-order chi connectivity index (χ1) is 17.5. The number of alkyl halides is 9. The van der Waals surface area contributed by atoms with Crippen LogP contribution in [-0.2, 0) is 18.5 Å². The van der Waals surface area contributed by atoms with Gasteiger partial charge in [0.05, 0.1) is 16.7 Å². The van der Waals surface area contributed by atoms with Crippen molar-refractivity contribution in [2.24, 2.45) is 0 Å². The van der Waals surface area contributed by atoms with Gasteiger partial charge in [-0.3, -0.25) is 0 Å². The van der Waals surface area contributed by atoms with Gasteiger partial charge in [0, 0.05) is 6.07 Å². The van der Waals surface area contributed by atoms with E-state index >= 15 is 0 Å². The van der Waals surface area contributed by atoms with Gasteiger partial charge in [-0.05, 0) is 74.2 Å². The molecule has 0 nitrogen and oxygen atoms in total. The minimum Gasteiger partial charge on any atom is -0.207 e. The quantitative estimate of drug-likeness (QED) is 0.231. The summed E-state index contributed by atoms with van der Waals surface area (Å²) in [5.74, 6) is -6.35. The molecule has 3 aromatic carbocycles. The van der Waals surface area contributed by atoms with Crippen LogP contribution >= 0.6 is 0 Å². The highest BCUT2D eigenvalue weighted by atomic mass is 19.4. The van der Waals surface area contributed by atoms with Crippen molar-refractivity contribution in [1.29, 1.82) is 0 Å². The van der Waals surface area contributed by atoms with E-state index in [1.807, 2.05) is 0 Å². The molecule has 216 valence electrons. The summed E-state index contributed by atoms with van der Waals surface area (Å²) in [5, 5.41) is 0. The number of aryl methyl sites for hydroxylation is 3. The molecule has 0 aliphatic heterocycles. The van der Waals surface area contributed by atoms with Gasteiger partial charge in [0.25, 0.3) is 0 Å². The fourth-order valence-electron chi connectivity index (χ4n) is 3.02. The molecule has 0 saturated carbocycles. The van der Waals surface area contributed by atoms with E-state index in [2.05, 4.69) is 0 Å². The van der Waals surface area contributed by atoms with Crippen LogP contribution in [0.25, 0.3) is 0 Å². The van der Waals surface area contributed by atoms with Crippen LogP contribution in [0.1, 0.15) is 38.9 Å². The summed E-state index contributed by atoms with van der Waals surface area (Å²) in [6, 6.07) is 3.98. The Morgan fingerprint density at radius 2 is 0.974 bits per heavy atom. The summed E-state index contributed by atoms with van der Waals surface area (Å²) in [4.78, 5) is 0. The monoisotopic (exact) mass is 584 g/mol. The zero-order chi connectivity index (χ0) is 30.7. The molecular formula is C25H18F14. The maximum absolute atomic E-state index is 12.8. The van der Waals surface area contributed by atoms with Crippen LogP contribution in [0.2, 0.25) is 0 Å². The second kappa shape index (κ2) is 12.2. The van der Waals surface area contributed by atoms with Gasteiger partial charge in [-0.2, -0.15) is 39.5 Å². The van der Waals surface area contributed by atoms with Gasteiger partial charge in [-0.25, -0.2) is 22.0 Å². The van der Waals surface area contributed by atoms with Gasteiger partial charge >= 0.3 is 18.5 Å². The summed E-state index contributed by atoms with van der Waals surface area (Å²) in [7, 11) is 0. The van der Waals surface area contributed by atoms with Crippen molar-refractivity contribution in [1.82, 2.24) is 0 Å². The van der Waals surface area contributed by atoms with Crippen molar-refractivity contribution in [2.45, 2.75) is 46.2 Å². The van der Waals surface area contributed by atoms with E-state index in [1.165, 1.54) is 13.8 Å². The van der Waals surface area contributed by atoms with E-state index in [0.29, 0.717) is 12.1 Å². The smallest absolute Gasteiger partial charge is 0.207 e. The minimum atomic E-state index is -4.85. The maximum Gasteiger partial charge on any atom is 0.419 e. The highest BCUT2D eigenvalue weighted by molar-refractivity contribution is 5.34. The van der Waals surface area contributed by atoms with Crippen molar-refractivity contribution in [3.8, 4) is 0 Å².